The van der Waals surface area contributed by atoms with Crippen LogP contribution in [0.25, 0.3) is 247 Å². The summed E-state index contributed by atoms with van der Waals surface area (Å²) in [6.07, 6.45) is 10.7. The standard InChI is InChI=1S/C46H29N3.C40H25N3.C36H25N3/c1-3-11-30(12-4-1)32-20-23-43-40(27-32)41-28-33(31-13-5-2-6-14-31)21-24-44(41)49(43)42-18-10-9-15-35(42)34-19-22-38-39(29-34)36-16-7-8-17-37(36)45-46(38)48-26-25-47-45;1-2-10-26(11-3-1)27-19-21-38-35(24-27)31-14-7-9-17-37(31)43(38)36-16-8-6-12-29(36)28-18-20-33-34(25-28)30-13-4-5-15-32(30)39-40(33)42-23-22-41-39;1-22-11-15-33-30(19-22)31-20-23(2)12-16-34(31)39(33)32-10-6-5-7-25(32)24-13-14-28-29(21-24)26-8-3-4-9-27(26)35-36(28)38-18-17-37-35/h1-29H;1-25H;3-21H,1-2H3. The van der Waals surface area contributed by atoms with E-state index in [1.807, 2.05) is 0 Å². The fourth-order valence-corrected chi connectivity index (χ4v) is 20.6. The maximum absolute atomic E-state index is 4.78. The van der Waals surface area contributed by atoms with E-state index in [1.165, 1.54) is 176 Å². The lowest BCUT2D eigenvalue weighted by Crippen LogP contribution is -1.97. The highest BCUT2D eigenvalue weighted by molar-refractivity contribution is 6.27. The van der Waals surface area contributed by atoms with Gasteiger partial charge in [0, 0.05) is 119 Å². The lowest BCUT2D eigenvalue weighted by atomic mass is 9.95. The van der Waals surface area contributed by atoms with Crippen LogP contribution in [0.2, 0.25) is 0 Å². The molecule has 0 saturated carbocycles. The molecule has 0 atom stereocenters. The van der Waals surface area contributed by atoms with Crippen molar-refractivity contribution in [3.8, 4) is 83.8 Å². The lowest BCUT2D eigenvalue weighted by Gasteiger charge is -2.16. The van der Waals surface area contributed by atoms with Gasteiger partial charge in [0.2, 0.25) is 0 Å². The number of fused-ring (bicyclic) bond motifs is 27. The number of rotatable bonds is 9. The highest BCUT2D eigenvalue weighted by Gasteiger charge is 2.24. The summed E-state index contributed by atoms with van der Waals surface area (Å²) in [6.45, 7) is 4.33. The van der Waals surface area contributed by atoms with E-state index in [0.717, 1.165) is 82.4 Å². The van der Waals surface area contributed by atoms with Gasteiger partial charge in [-0.2, -0.15) is 0 Å². The summed E-state index contributed by atoms with van der Waals surface area (Å²) < 4.78 is 7.29. The zero-order valence-corrected chi connectivity index (χ0v) is 71.7. The third kappa shape index (κ3) is 12.8. The summed E-state index contributed by atoms with van der Waals surface area (Å²) in [5, 5.41) is 21.4. The molecular weight excluding hydrogens is 1590 g/mol. The molecule has 131 heavy (non-hydrogen) atoms. The van der Waals surface area contributed by atoms with Gasteiger partial charge in [0.1, 0.15) is 0 Å². The van der Waals surface area contributed by atoms with Crippen molar-refractivity contribution in [2.75, 3.05) is 0 Å². The van der Waals surface area contributed by atoms with Crippen molar-refractivity contribution in [3.05, 3.63) is 455 Å². The first kappa shape index (κ1) is 76.1. The first-order valence-electron chi connectivity index (χ1n) is 44.6. The Balaban J connectivity index is 0.000000107. The van der Waals surface area contributed by atoms with Crippen LogP contribution in [0.15, 0.2) is 444 Å². The Morgan fingerprint density at radius 3 is 0.687 bits per heavy atom. The SMILES string of the molecule is Cc1ccc2c(c1)c1cc(C)ccc1n2-c1ccccc1-c1ccc2c(c1)c1ccccc1c1nccnc21.c1ccc(-c2ccc3c(c2)c2cc(-c4ccccc4)ccc2n3-c2ccccc2-c2ccc3c(c2)c2ccccc2c2nccnc32)cc1.c1ccc(-c2ccc3c(c2)c2ccccc2n3-c2ccccc2-c2ccc3c(c2)c2ccccc2c2nccnc32)cc1. The Kier molecular flexibility index (Phi) is 18.2. The van der Waals surface area contributed by atoms with Crippen molar-refractivity contribution in [3.63, 3.8) is 0 Å². The van der Waals surface area contributed by atoms with Crippen molar-refractivity contribution in [2.24, 2.45) is 0 Å². The maximum atomic E-state index is 4.78. The molecule has 0 aliphatic heterocycles. The number of aromatic nitrogens is 9. The topological polar surface area (TPSA) is 92.1 Å². The van der Waals surface area contributed by atoms with Crippen molar-refractivity contribution in [2.45, 2.75) is 13.8 Å². The van der Waals surface area contributed by atoms with Gasteiger partial charge in [0.05, 0.1) is 83.3 Å². The molecule has 9 heteroatoms. The minimum atomic E-state index is 0.932. The van der Waals surface area contributed by atoms with E-state index in [4.69, 9.17) is 29.9 Å². The molecule has 0 spiro atoms. The highest BCUT2D eigenvalue weighted by Crippen LogP contribution is 2.47. The van der Waals surface area contributed by atoms with Crippen LogP contribution in [0, 0.1) is 13.8 Å². The molecule has 27 rings (SSSR count). The normalized spacial score (nSPS) is 11.7. The van der Waals surface area contributed by atoms with Gasteiger partial charge in [-0.15, -0.1) is 0 Å². The molecule has 6 heterocycles. The van der Waals surface area contributed by atoms with Crippen LogP contribution < -0.4 is 0 Å². The largest absolute Gasteiger partial charge is 0.309 e. The summed E-state index contributed by atoms with van der Waals surface area (Å²) >= 11 is 0. The summed E-state index contributed by atoms with van der Waals surface area (Å²) in [7, 11) is 0. The van der Waals surface area contributed by atoms with Crippen LogP contribution >= 0.6 is 0 Å². The predicted molar refractivity (Wildman–Crippen MR) is 549 cm³/mol. The van der Waals surface area contributed by atoms with E-state index < -0.39 is 0 Å². The maximum Gasteiger partial charge on any atom is 0.0971 e. The van der Waals surface area contributed by atoms with Gasteiger partial charge in [0.15, 0.2) is 0 Å². The molecule has 0 bridgehead atoms. The zero-order valence-electron chi connectivity index (χ0n) is 71.7. The Labute approximate surface area is 754 Å². The molecule has 0 aliphatic rings. The predicted octanol–water partition coefficient (Wildman–Crippen LogP) is 31.7. The molecule has 0 aliphatic carbocycles. The molecule has 21 aromatic carbocycles. The molecule has 612 valence electrons. The Hall–Kier alpha value is -17.4. The minimum Gasteiger partial charge on any atom is -0.309 e. The third-order valence-electron chi connectivity index (χ3n) is 26.5. The number of hydrogen-bond donors (Lipinski definition) is 0. The van der Waals surface area contributed by atoms with E-state index in [-0.39, 0.29) is 0 Å². The molecule has 0 N–H and O–H groups in total. The van der Waals surface area contributed by atoms with Crippen LogP contribution in [-0.4, -0.2) is 43.6 Å². The second-order valence-electron chi connectivity index (χ2n) is 34.1. The van der Waals surface area contributed by atoms with Crippen LogP contribution in [-0.2, 0) is 0 Å². The van der Waals surface area contributed by atoms with E-state index in [2.05, 4.69) is 434 Å². The van der Waals surface area contributed by atoms with Crippen LogP contribution in [0.4, 0.5) is 0 Å². The van der Waals surface area contributed by atoms with Crippen LogP contribution in [0.3, 0.4) is 0 Å². The van der Waals surface area contributed by atoms with E-state index in [9.17, 15) is 0 Å². The first-order chi connectivity index (χ1) is 64.8. The van der Waals surface area contributed by atoms with E-state index in [0.29, 0.717) is 0 Å². The quantitative estimate of drug-likeness (QED) is 0.134. The van der Waals surface area contributed by atoms with Gasteiger partial charge in [-0.25, -0.2) is 0 Å². The Morgan fingerprint density at radius 1 is 0.145 bits per heavy atom. The van der Waals surface area contributed by atoms with Gasteiger partial charge in [-0.3, -0.25) is 29.9 Å². The fraction of sp³-hybridized carbons (Fsp3) is 0.0164. The third-order valence-corrected chi connectivity index (χ3v) is 26.5. The number of aryl methyl sites for hydroxylation is 2. The molecule has 0 unspecified atom stereocenters. The molecular formula is C122H79N9. The monoisotopic (exact) mass is 1670 g/mol. The second kappa shape index (κ2) is 31.3. The number of para-hydroxylation sites is 4. The smallest absolute Gasteiger partial charge is 0.0971 e. The molecule has 0 saturated heterocycles. The zero-order chi connectivity index (χ0) is 86.7. The molecule has 27 aromatic rings. The van der Waals surface area contributed by atoms with Crippen molar-refractivity contribution in [1.82, 2.24) is 43.6 Å². The van der Waals surface area contributed by atoms with Crippen molar-refractivity contribution in [1.29, 1.82) is 0 Å². The van der Waals surface area contributed by atoms with Gasteiger partial charge in [-0.1, -0.05) is 314 Å². The van der Waals surface area contributed by atoms with Gasteiger partial charge < -0.3 is 13.7 Å². The summed E-state index contributed by atoms with van der Waals surface area (Å²) in [4.78, 5) is 28.4. The van der Waals surface area contributed by atoms with E-state index >= 15 is 0 Å². The van der Waals surface area contributed by atoms with Crippen LogP contribution in [0.5, 0.6) is 0 Å². The highest BCUT2D eigenvalue weighted by atomic mass is 15.0. The average molecular weight is 1670 g/mol. The van der Waals surface area contributed by atoms with E-state index in [1.54, 1.807) is 37.2 Å². The lowest BCUT2D eigenvalue weighted by molar-refractivity contribution is 1.18. The minimum absolute atomic E-state index is 0.932. The molecule has 0 radical (unpaired) electrons. The van der Waals surface area contributed by atoms with Gasteiger partial charge >= 0.3 is 0 Å². The Morgan fingerprint density at radius 2 is 0.366 bits per heavy atom. The second-order valence-corrected chi connectivity index (χ2v) is 34.1. The van der Waals surface area contributed by atoms with Crippen molar-refractivity contribution >= 4 is 163 Å². The number of hydrogen-bond acceptors (Lipinski definition) is 6. The van der Waals surface area contributed by atoms with Crippen LogP contribution in [0.1, 0.15) is 11.1 Å². The Bertz CT molecular complexity index is 9070. The van der Waals surface area contributed by atoms with Gasteiger partial charge in [0.25, 0.3) is 0 Å². The summed E-state index contributed by atoms with van der Waals surface area (Å²) in [6, 6.07) is 147. The number of benzene rings is 21. The fourth-order valence-electron chi connectivity index (χ4n) is 20.6. The molecule has 0 fully saturated rings. The van der Waals surface area contributed by atoms with Crippen molar-refractivity contribution < 1.29 is 0 Å². The number of nitrogens with zero attached hydrogens (tertiary/aromatic N) is 9. The molecule has 9 nitrogen and oxygen atoms in total. The average Bonchev–Trinajstić information content (AvgIpc) is 1.60. The summed E-state index contributed by atoms with van der Waals surface area (Å²) in [5.41, 5.74) is 33.2. The van der Waals surface area contributed by atoms with Gasteiger partial charge in [-0.05, 0) is 199 Å². The molecule has 0 amide bonds. The summed E-state index contributed by atoms with van der Waals surface area (Å²) in [5.74, 6) is 0. The first-order valence-corrected chi connectivity index (χ1v) is 44.6. The molecule has 6 aromatic heterocycles.